The Balaban J connectivity index is 1.26. The lowest BCUT2D eigenvalue weighted by molar-refractivity contribution is -0.120. The molecule has 0 aliphatic heterocycles. The van der Waals surface area contributed by atoms with E-state index in [1.165, 1.54) is 6.42 Å². The third kappa shape index (κ3) is 4.26. The summed E-state index contributed by atoms with van der Waals surface area (Å²) in [7, 11) is 0. The van der Waals surface area contributed by atoms with E-state index < -0.39 is 5.82 Å². The topological polar surface area (TPSA) is 112 Å². The predicted octanol–water partition coefficient (Wildman–Crippen LogP) is 6.95. The molecule has 194 valence electrons. The SMILES string of the molecule is O=C(Nc1cncc(-c2ccc3[nH]nc(-c4nc5nccc(-c6ccsc6)c5[nH]4)c3c2F)c1)C1CCCCC1. The maximum absolute atomic E-state index is 16.1. The fourth-order valence-electron chi connectivity index (χ4n) is 5.41. The van der Waals surface area contributed by atoms with Gasteiger partial charge in [-0.1, -0.05) is 19.3 Å². The number of imidazole rings is 1. The van der Waals surface area contributed by atoms with Gasteiger partial charge in [0.15, 0.2) is 11.5 Å². The molecule has 5 heterocycles. The van der Waals surface area contributed by atoms with Crippen LogP contribution in [-0.4, -0.2) is 36.0 Å². The standard InChI is InChI=1S/C29H24FN7OS/c30-24-20(18-12-19(14-31-13-18)33-29(38)16-4-2-1-3-5-16)6-7-22-23(24)26(37-36-22)28-34-25-21(17-9-11-39-15-17)8-10-32-27(25)35-28/h6-16H,1-5H2,(H,33,38)(H,36,37)(H,32,34,35). The van der Waals surface area contributed by atoms with Crippen molar-refractivity contribution in [2.24, 2.45) is 5.92 Å². The van der Waals surface area contributed by atoms with E-state index in [4.69, 9.17) is 0 Å². The van der Waals surface area contributed by atoms with Crippen molar-refractivity contribution in [3.8, 4) is 33.8 Å². The van der Waals surface area contributed by atoms with E-state index in [2.05, 4.69) is 40.8 Å². The van der Waals surface area contributed by atoms with Crippen LogP contribution < -0.4 is 5.32 Å². The first-order valence-corrected chi connectivity index (χ1v) is 13.9. The van der Waals surface area contributed by atoms with Crippen LogP contribution in [0.4, 0.5) is 10.1 Å². The summed E-state index contributed by atoms with van der Waals surface area (Å²) in [6, 6.07) is 9.21. The van der Waals surface area contributed by atoms with Crippen LogP contribution in [0, 0.1) is 11.7 Å². The zero-order chi connectivity index (χ0) is 26.3. The summed E-state index contributed by atoms with van der Waals surface area (Å²) < 4.78 is 16.1. The van der Waals surface area contributed by atoms with Gasteiger partial charge in [0.05, 0.1) is 28.3 Å². The van der Waals surface area contributed by atoms with Gasteiger partial charge in [0, 0.05) is 35.0 Å². The Kier molecular flexibility index (Phi) is 5.89. The molecule has 39 heavy (non-hydrogen) atoms. The first-order valence-electron chi connectivity index (χ1n) is 13.0. The first kappa shape index (κ1) is 23.7. The molecule has 5 aromatic heterocycles. The summed E-state index contributed by atoms with van der Waals surface area (Å²) in [5.41, 5.74) is 5.73. The van der Waals surface area contributed by atoms with E-state index in [-0.39, 0.29) is 11.8 Å². The Hall–Kier alpha value is -4.44. The minimum atomic E-state index is -0.444. The smallest absolute Gasteiger partial charge is 0.227 e. The van der Waals surface area contributed by atoms with Crippen molar-refractivity contribution in [2.45, 2.75) is 32.1 Å². The zero-order valence-electron chi connectivity index (χ0n) is 20.9. The second kappa shape index (κ2) is 9.70. The van der Waals surface area contributed by atoms with Crippen molar-refractivity contribution in [1.29, 1.82) is 0 Å². The highest BCUT2D eigenvalue weighted by atomic mass is 32.1. The van der Waals surface area contributed by atoms with Crippen LogP contribution in [0.15, 0.2) is 59.7 Å². The maximum Gasteiger partial charge on any atom is 0.227 e. The minimum Gasteiger partial charge on any atom is -0.335 e. The number of hydrogen-bond acceptors (Lipinski definition) is 6. The lowest BCUT2D eigenvalue weighted by Crippen LogP contribution is -2.24. The zero-order valence-corrected chi connectivity index (χ0v) is 21.7. The van der Waals surface area contributed by atoms with Crippen LogP contribution in [0.1, 0.15) is 32.1 Å². The predicted molar refractivity (Wildman–Crippen MR) is 151 cm³/mol. The van der Waals surface area contributed by atoms with Gasteiger partial charge in [0.25, 0.3) is 0 Å². The summed E-state index contributed by atoms with van der Waals surface area (Å²) >= 11 is 1.61. The van der Waals surface area contributed by atoms with Crippen LogP contribution in [0.25, 0.3) is 55.8 Å². The number of thiophene rings is 1. The minimum absolute atomic E-state index is 0.00186. The summed E-state index contributed by atoms with van der Waals surface area (Å²) in [6.07, 6.45) is 10.0. The number of aromatic amines is 2. The number of nitrogens with one attached hydrogen (secondary N) is 3. The highest BCUT2D eigenvalue weighted by molar-refractivity contribution is 7.08. The fourth-order valence-corrected chi connectivity index (χ4v) is 6.07. The largest absolute Gasteiger partial charge is 0.335 e. The van der Waals surface area contributed by atoms with Crippen molar-refractivity contribution in [1.82, 2.24) is 30.1 Å². The van der Waals surface area contributed by atoms with Crippen LogP contribution >= 0.6 is 11.3 Å². The molecular formula is C29H24FN7OS. The van der Waals surface area contributed by atoms with Crippen molar-refractivity contribution >= 4 is 45.0 Å². The lowest BCUT2D eigenvalue weighted by Gasteiger charge is -2.20. The number of carbonyl (C=O) groups is 1. The average Bonchev–Trinajstić information content (AvgIpc) is 3.73. The number of benzene rings is 1. The van der Waals surface area contributed by atoms with E-state index in [1.54, 1.807) is 48.1 Å². The van der Waals surface area contributed by atoms with Crippen LogP contribution in [-0.2, 0) is 4.79 Å². The van der Waals surface area contributed by atoms with Crippen LogP contribution in [0.3, 0.4) is 0 Å². The Morgan fingerprint density at radius 3 is 2.79 bits per heavy atom. The molecule has 1 aromatic carbocycles. The molecule has 0 saturated heterocycles. The van der Waals surface area contributed by atoms with Gasteiger partial charge in [0.1, 0.15) is 11.5 Å². The number of nitrogens with zero attached hydrogens (tertiary/aromatic N) is 4. The molecule has 0 atom stereocenters. The maximum atomic E-state index is 16.1. The number of H-pyrrole nitrogens is 2. The number of pyridine rings is 2. The van der Waals surface area contributed by atoms with Gasteiger partial charge < -0.3 is 10.3 Å². The van der Waals surface area contributed by atoms with Crippen molar-refractivity contribution in [2.75, 3.05) is 5.32 Å². The van der Waals surface area contributed by atoms with E-state index in [0.29, 0.717) is 44.9 Å². The van der Waals surface area contributed by atoms with Gasteiger partial charge in [-0.3, -0.25) is 14.9 Å². The first-order chi connectivity index (χ1) is 19.2. The molecule has 1 saturated carbocycles. The number of rotatable bonds is 5. The monoisotopic (exact) mass is 537 g/mol. The van der Waals surface area contributed by atoms with Gasteiger partial charge in [0.2, 0.25) is 5.91 Å². The Labute approximate surface area is 226 Å². The van der Waals surface area contributed by atoms with Crippen molar-refractivity contribution in [3.63, 3.8) is 0 Å². The summed E-state index contributed by atoms with van der Waals surface area (Å²) in [6.45, 7) is 0. The highest BCUT2D eigenvalue weighted by Gasteiger charge is 2.23. The second-order valence-electron chi connectivity index (χ2n) is 9.86. The van der Waals surface area contributed by atoms with Gasteiger partial charge in [-0.05, 0) is 59.5 Å². The number of aromatic nitrogens is 6. The molecule has 7 rings (SSSR count). The average molecular weight is 538 g/mol. The number of anilines is 1. The molecule has 1 aliphatic carbocycles. The molecule has 1 aliphatic rings. The van der Waals surface area contributed by atoms with Gasteiger partial charge in [-0.2, -0.15) is 16.4 Å². The number of amides is 1. The van der Waals surface area contributed by atoms with Gasteiger partial charge in [-0.15, -0.1) is 0 Å². The van der Waals surface area contributed by atoms with E-state index in [9.17, 15) is 4.79 Å². The lowest BCUT2D eigenvalue weighted by atomic mass is 9.88. The molecular weight excluding hydrogens is 513 g/mol. The van der Waals surface area contributed by atoms with E-state index in [0.717, 1.165) is 42.3 Å². The molecule has 0 bridgehead atoms. The molecule has 0 radical (unpaired) electrons. The third-order valence-corrected chi connectivity index (χ3v) is 8.09. The van der Waals surface area contributed by atoms with Crippen molar-refractivity contribution in [3.05, 3.63) is 65.5 Å². The fraction of sp³-hybridized carbons (Fsp3) is 0.207. The molecule has 3 N–H and O–H groups in total. The van der Waals surface area contributed by atoms with E-state index in [1.807, 2.05) is 17.5 Å². The third-order valence-electron chi connectivity index (χ3n) is 7.41. The number of hydrogen-bond donors (Lipinski definition) is 3. The second-order valence-corrected chi connectivity index (χ2v) is 10.6. The molecule has 0 unspecified atom stereocenters. The molecule has 1 fully saturated rings. The summed E-state index contributed by atoms with van der Waals surface area (Å²) in [4.78, 5) is 29.4. The van der Waals surface area contributed by atoms with Gasteiger partial charge >= 0.3 is 0 Å². The van der Waals surface area contributed by atoms with Crippen LogP contribution in [0.5, 0.6) is 0 Å². The highest BCUT2D eigenvalue weighted by Crippen LogP contribution is 2.36. The summed E-state index contributed by atoms with van der Waals surface area (Å²) in [5.74, 6) is -0.000997. The Morgan fingerprint density at radius 1 is 1.05 bits per heavy atom. The van der Waals surface area contributed by atoms with Crippen LogP contribution in [0.2, 0.25) is 0 Å². The Morgan fingerprint density at radius 2 is 1.95 bits per heavy atom. The van der Waals surface area contributed by atoms with E-state index >= 15 is 4.39 Å². The number of carbonyl (C=O) groups excluding carboxylic acids is 1. The molecule has 1 amide bonds. The normalized spacial score (nSPS) is 14.3. The number of halogens is 1. The summed E-state index contributed by atoms with van der Waals surface area (Å²) in [5, 5.41) is 14.7. The van der Waals surface area contributed by atoms with Crippen molar-refractivity contribution < 1.29 is 9.18 Å². The Bertz CT molecular complexity index is 1820. The quantitative estimate of drug-likeness (QED) is 0.220. The molecule has 6 aromatic rings. The van der Waals surface area contributed by atoms with Gasteiger partial charge in [-0.25, -0.2) is 14.4 Å². The molecule has 0 spiro atoms. The molecule has 8 nitrogen and oxygen atoms in total. The molecule has 10 heteroatoms. The number of fused-ring (bicyclic) bond motifs is 2.